The van der Waals surface area contributed by atoms with Crippen molar-refractivity contribution in [1.29, 1.82) is 0 Å². The van der Waals surface area contributed by atoms with Crippen molar-refractivity contribution in [3.05, 3.63) is 24.3 Å². The van der Waals surface area contributed by atoms with Crippen molar-refractivity contribution in [3.63, 3.8) is 0 Å². The molecule has 106 valence electrons. The third kappa shape index (κ3) is 3.68. The van der Waals surface area contributed by atoms with Crippen LogP contribution in [0.2, 0.25) is 0 Å². The molecule has 2 rings (SSSR count). The SMILES string of the molecule is CC1(C)CC(NS(=O)(=O)c2ccc(N)cc2)CCO1. The number of sulfonamides is 1. The number of nitrogens with two attached hydrogens (primary N) is 1. The van der Waals surface area contributed by atoms with Gasteiger partial charge in [0.15, 0.2) is 0 Å². The van der Waals surface area contributed by atoms with Gasteiger partial charge in [-0.15, -0.1) is 0 Å². The molecule has 1 fully saturated rings. The highest BCUT2D eigenvalue weighted by atomic mass is 32.2. The number of benzene rings is 1. The van der Waals surface area contributed by atoms with Gasteiger partial charge in [0, 0.05) is 18.3 Å². The van der Waals surface area contributed by atoms with Gasteiger partial charge < -0.3 is 10.5 Å². The first kappa shape index (κ1) is 14.3. The van der Waals surface area contributed by atoms with E-state index in [2.05, 4.69) is 4.72 Å². The molecule has 6 heteroatoms. The maximum atomic E-state index is 12.2. The molecule has 0 aromatic heterocycles. The summed E-state index contributed by atoms with van der Waals surface area (Å²) in [4.78, 5) is 0.242. The van der Waals surface area contributed by atoms with Gasteiger partial charge in [-0.3, -0.25) is 0 Å². The minimum Gasteiger partial charge on any atom is -0.399 e. The first-order valence-corrected chi connectivity index (χ1v) is 7.79. The lowest BCUT2D eigenvalue weighted by Crippen LogP contribution is -2.45. The van der Waals surface area contributed by atoms with Crippen molar-refractivity contribution in [2.75, 3.05) is 12.3 Å². The zero-order valence-electron chi connectivity index (χ0n) is 11.2. The summed E-state index contributed by atoms with van der Waals surface area (Å²) >= 11 is 0. The van der Waals surface area contributed by atoms with Gasteiger partial charge >= 0.3 is 0 Å². The lowest BCUT2D eigenvalue weighted by atomic mass is 9.95. The molecule has 0 radical (unpaired) electrons. The first-order chi connectivity index (χ1) is 8.78. The molecule has 0 bridgehead atoms. The molecule has 1 unspecified atom stereocenters. The van der Waals surface area contributed by atoms with E-state index in [0.29, 0.717) is 25.1 Å². The van der Waals surface area contributed by atoms with Crippen LogP contribution in [0, 0.1) is 0 Å². The predicted molar refractivity (Wildman–Crippen MR) is 74.2 cm³/mol. The van der Waals surface area contributed by atoms with Crippen LogP contribution in [0.1, 0.15) is 26.7 Å². The lowest BCUT2D eigenvalue weighted by molar-refractivity contribution is -0.0599. The Kier molecular flexibility index (Phi) is 3.85. The average molecular weight is 284 g/mol. The van der Waals surface area contributed by atoms with Crippen LogP contribution in [0.4, 0.5) is 5.69 Å². The van der Waals surface area contributed by atoms with Crippen LogP contribution < -0.4 is 10.5 Å². The van der Waals surface area contributed by atoms with Crippen LogP contribution in [-0.4, -0.2) is 26.7 Å². The van der Waals surface area contributed by atoms with Gasteiger partial charge in [0.1, 0.15) is 0 Å². The molecule has 0 aliphatic carbocycles. The topological polar surface area (TPSA) is 81.4 Å². The number of rotatable bonds is 3. The summed E-state index contributed by atoms with van der Waals surface area (Å²) in [6, 6.07) is 6.11. The van der Waals surface area contributed by atoms with Crippen molar-refractivity contribution < 1.29 is 13.2 Å². The molecular weight excluding hydrogens is 264 g/mol. The molecule has 1 aliphatic heterocycles. The molecule has 1 atom stereocenters. The molecule has 1 aromatic carbocycles. The monoisotopic (exact) mass is 284 g/mol. The maximum absolute atomic E-state index is 12.2. The average Bonchev–Trinajstić information content (AvgIpc) is 2.27. The van der Waals surface area contributed by atoms with Crippen LogP contribution in [-0.2, 0) is 14.8 Å². The van der Waals surface area contributed by atoms with E-state index >= 15 is 0 Å². The third-order valence-electron chi connectivity index (χ3n) is 3.21. The summed E-state index contributed by atoms with van der Waals surface area (Å²) in [6.45, 7) is 4.51. The number of nitrogens with one attached hydrogen (secondary N) is 1. The summed E-state index contributed by atoms with van der Waals surface area (Å²) < 4.78 is 32.8. The van der Waals surface area contributed by atoms with Crippen molar-refractivity contribution in [2.24, 2.45) is 0 Å². The van der Waals surface area contributed by atoms with Crippen molar-refractivity contribution in [2.45, 2.75) is 43.2 Å². The molecule has 1 aliphatic rings. The van der Waals surface area contributed by atoms with Crippen LogP contribution >= 0.6 is 0 Å². The zero-order valence-corrected chi connectivity index (χ0v) is 12.0. The summed E-state index contributed by atoms with van der Waals surface area (Å²) in [7, 11) is -3.49. The second-order valence-electron chi connectivity index (χ2n) is 5.49. The molecule has 0 spiro atoms. The fraction of sp³-hybridized carbons (Fsp3) is 0.538. The predicted octanol–water partition coefficient (Wildman–Crippen LogP) is 1.50. The fourth-order valence-electron chi connectivity index (χ4n) is 2.27. The molecule has 0 saturated carbocycles. The minimum atomic E-state index is -3.49. The highest BCUT2D eigenvalue weighted by molar-refractivity contribution is 7.89. The van der Waals surface area contributed by atoms with Gasteiger partial charge in [0.2, 0.25) is 10.0 Å². The quantitative estimate of drug-likeness (QED) is 0.824. The van der Waals surface area contributed by atoms with Crippen LogP contribution in [0.5, 0.6) is 0 Å². The van der Waals surface area contributed by atoms with Crippen LogP contribution in [0.25, 0.3) is 0 Å². The first-order valence-electron chi connectivity index (χ1n) is 6.30. The maximum Gasteiger partial charge on any atom is 0.240 e. The Morgan fingerprint density at radius 3 is 2.53 bits per heavy atom. The van der Waals surface area contributed by atoms with Crippen molar-refractivity contribution >= 4 is 15.7 Å². The number of ether oxygens (including phenoxy) is 1. The molecule has 1 saturated heterocycles. The Morgan fingerprint density at radius 2 is 1.95 bits per heavy atom. The summed E-state index contributed by atoms with van der Waals surface area (Å²) in [5, 5.41) is 0. The Labute approximate surface area is 114 Å². The number of hydrogen-bond donors (Lipinski definition) is 2. The number of nitrogen functional groups attached to an aromatic ring is 1. The third-order valence-corrected chi connectivity index (χ3v) is 4.75. The van der Waals surface area contributed by atoms with Crippen LogP contribution in [0.15, 0.2) is 29.2 Å². The van der Waals surface area contributed by atoms with E-state index in [1.807, 2.05) is 13.8 Å². The standard InChI is InChI=1S/C13H20N2O3S/c1-13(2)9-11(7-8-18-13)15-19(16,17)12-5-3-10(14)4-6-12/h3-6,11,15H,7-9,14H2,1-2H3. The van der Waals surface area contributed by atoms with E-state index in [1.54, 1.807) is 12.1 Å². The van der Waals surface area contributed by atoms with Crippen LogP contribution in [0.3, 0.4) is 0 Å². The molecule has 5 nitrogen and oxygen atoms in total. The highest BCUT2D eigenvalue weighted by Gasteiger charge is 2.31. The number of anilines is 1. The lowest BCUT2D eigenvalue weighted by Gasteiger charge is -2.35. The smallest absolute Gasteiger partial charge is 0.240 e. The van der Waals surface area contributed by atoms with E-state index in [9.17, 15) is 8.42 Å². The van der Waals surface area contributed by atoms with E-state index in [-0.39, 0.29) is 16.5 Å². The molecule has 1 heterocycles. The molecule has 3 N–H and O–H groups in total. The van der Waals surface area contributed by atoms with E-state index < -0.39 is 10.0 Å². The van der Waals surface area contributed by atoms with Gasteiger partial charge in [-0.2, -0.15) is 0 Å². The Hall–Kier alpha value is -1.11. The summed E-state index contributed by atoms with van der Waals surface area (Å²) in [5.74, 6) is 0. The van der Waals surface area contributed by atoms with E-state index in [4.69, 9.17) is 10.5 Å². The van der Waals surface area contributed by atoms with E-state index in [0.717, 1.165) is 0 Å². The fourth-order valence-corrected chi connectivity index (χ4v) is 3.54. The molecule has 1 aromatic rings. The summed E-state index contributed by atoms with van der Waals surface area (Å²) in [6.07, 6.45) is 1.36. The molecule has 19 heavy (non-hydrogen) atoms. The van der Waals surface area contributed by atoms with Gasteiger partial charge in [-0.25, -0.2) is 13.1 Å². The van der Waals surface area contributed by atoms with Gasteiger partial charge in [0.25, 0.3) is 0 Å². The van der Waals surface area contributed by atoms with Gasteiger partial charge in [0.05, 0.1) is 10.5 Å². The Morgan fingerprint density at radius 1 is 1.32 bits per heavy atom. The largest absolute Gasteiger partial charge is 0.399 e. The van der Waals surface area contributed by atoms with Crippen molar-refractivity contribution in [3.8, 4) is 0 Å². The van der Waals surface area contributed by atoms with Gasteiger partial charge in [-0.1, -0.05) is 0 Å². The Balaban J connectivity index is 2.11. The van der Waals surface area contributed by atoms with E-state index in [1.165, 1.54) is 12.1 Å². The Bertz CT molecular complexity index is 538. The number of hydrogen-bond acceptors (Lipinski definition) is 4. The zero-order chi connectivity index (χ0) is 14.1. The minimum absolute atomic E-state index is 0.0914. The normalized spacial score (nSPS) is 23.2. The molecular formula is C13H20N2O3S. The summed E-state index contributed by atoms with van der Waals surface area (Å²) in [5.41, 5.74) is 5.82. The highest BCUT2D eigenvalue weighted by Crippen LogP contribution is 2.25. The molecule has 0 amide bonds. The second kappa shape index (κ2) is 5.11. The van der Waals surface area contributed by atoms with Crippen molar-refractivity contribution in [1.82, 2.24) is 4.72 Å². The second-order valence-corrected chi connectivity index (χ2v) is 7.20. The van der Waals surface area contributed by atoms with Gasteiger partial charge in [-0.05, 0) is 51.0 Å².